The second-order valence-electron chi connectivity index (χ2n) is 11.3. The maximum atomic E-state index is 13.2. The number of aldehydes is 1. The first-order chi connectivity index (χ1) is 20.5. The summed E-state index contributed by atoms with van der Waals surface area (Å²) in [5.41, 5.74) is 0.370. The topological polar surface area (TPSA) is 52.6 Å². The molecule has 6 heteroatoms. The van der Waals surface area contributed by atoms with Crippen molar-refractivity contribution in [3.63, 3.8) is 0 Å². The van der Waals surface area contributed by atoms with E-state index in [4.69, 9.17) is 9.47 Å². The normalized spacial score (nSPS) is 11.3. The molecule has 0 aliphatic rings. The third kappa shape index (κ3) is 10.1. The highest BCUT2D eigenvalue weighted by molar-refractivity contribution is 9.11. The Bertz CT molecular complexity index is 1290. The number of hydrogen-bond donors (Lipinski definition) is 0. The molecule has 3 aromatic carbocycles. The second-order valence-corrected chi connectivity index (χ2v) is 13.0. The van der Waals surface area contributed by atoms with Crippen LogP contribution in [0.4, 0.5) is 0 Å². The van der Waals surface area contributed by atoms with Crippen LogP contribution in [0, 0.1) is 0 Å². The van der Waals surface area contributed by atoms with Crippen LogP contribution in [0.15, 0.2) is 39.3 Å². The lowest BCUT2D eigenvalue weighted by Gasteiger charge is -2.18. The average Bonchev–Trinajstić information content (AvgIpc) is 2.99. The van der Waals surface area contributed by atoms with Gasteiger partial charge < -0.3 is 9.47 Å². The van der Waals surface area contributed by atoms with Crippen LogP contribution >= 0.6 is 31.9 Å². The van der Waals surface area contributed by atoms with Crippen molar-refractivity contribution in [2.45, 2.75) is 117 Å². The molecular weight excluding hydrogens is 656 g/mol. The molecule has 0 saturated carbocycles. The number of Topliss-reactive ketones (excluding diaryl/α,β-unsaturated/α-hetero) is 1. The molecule has 0 aliphatic heterocycles. The summed E-state index contributed by atoms with van der Waals surface area (Å²) in [6.45, 7) is 5.65. The van der Waals surface area contributed by atoms with Crippen LogP contribution in [-0.2, 0) is 4.79 Å². The van der Waals surface area contributed by atoms with E-state index in [0.717, 1.165) is 45.4 Å². The average molecular weight is 705 g/mol. The molecule has 3 aromatic rings. The number of hydrogen-bond acceptors (Lipinski definition) is 4. The van der Waals surface area contributed by atoms with Crippen molar-refractivity contribution >= 4 is 65.5 Å². The summed E-state index contributed by atoms with van der Waals surface area (Å²) in [4.78, 5) is 25.0. The van der Waals surface area contributed by atoms with E-state index >= 15 is 0 Å². The fraction of sp³-hybridized carbons (Fsp3) is 0.556. The van der Waals surface area contributed by atoms with E-state index < -0.39 is 5.78 Å². The van der Waals surface area contributed by atoms with Gasteiger partial charge in [-0.2, -0.15) is 0 Å². The molecule has 0 atom stereocenters. The Hall–Kier alpha value is -1.92. The number of rotatable bonds is 22. The van der Waals surface area contributed by atoms with Crippen molar-refractivity contribution in [1.29, 1.82) is 0 Å². The van der Waals surface area contributed by atoms with Crippen molar-refractivity contribution in [2.24, 2.45) is 0 Å². The van der Waals surface area contributed by atoms with Crippen LogP contribution in [0.1, 0.15) is 127 Å². The van der Waals surface area contributed by atoms with Crippen molar-refractivity contribution in [3.8, 4) is 11.5 Å². The molecule has 0 radical (unpaired) electrons. The van der Waals surface area contributed by atoms with E-state index in [9.17, 15) is 9.59 Å². The number of carbonyl (C=O) groups excluding carboxylic acids is 2. The lowest BCUT2D eigenvalue weighted by molar-refractivity contribution is -0.104. The van der Waals surface area contributed by atoms with Crippen molar-refractivity contribution in [2.75, 3.05) is 13.2 Å². The summed E-state index contributed by atoms with van der Waals surface area (Å²) in [6.07, 6.45) is 20.0. The molecular formula is C36H48Br2O4. The maximum Gasteiger partial charge on any atom is 0.226 e. The minimum atomic E-state index is -0.558. The summed E-state index contributed by atoms with van der Waals surface area (Å²) >= 11 is 7.31. The van der Waals surface area contributed by atoms with Gasteiger partial charge in [0.05, 0.1) is 22.2 Å². The third-order valence-electron chi connectivity index (χ3n) is 7.95. The minimum Gasteiger partial charge on any atom is -0.492 e. The predicted octanol–water partition coefficient (Wildman–Crippen LogP) is 11.9. The Balaban J connectivity index is 1.78. The van der Waals surface area contributed by atoms with Gasteiger partial charge in [-0.05, 0) is 73.7 Å². The zero-order valence-corrected chi connectivity index (χ0v) is 28.8. The monoisotopic (exact) mass is 702 g/mol. The zero-order chi connectivity index (χ0) is 30.2. The molecule has 0 aliphatic carbocycles. The molecule has 3 rings (SSSR count). The van der Waals surface area contributed by atoms with Gasteiger partial charge in [0.1, 0.15) is 11.5 Å². The summed E-state index contributed by atoms with van der Waals surface area (Å²) in [6, 6.07) is 9.76. The quantitative estimate of drug-likeness (QED) is 0.0343. The summed E-state index contributed by atoms with van der Waals surface area (Å²) in [5.74, 6) is 0.769. The Labute approximate surface area is 269 Å². The van der Waals surface area contributed by atoms with Crippen molar-refractivity contribution in [3.05, 3.63) is 44.8 Å². The van der Waals surface area contributed by atoms with Gasteiger partial charge in [-0.3, -0.25) is 9.59 Å². The zero-order valence-electron chi connectivity index (χ0n) is 25.6. The summed E-state index contributed by atoms with van der Waals surface area (Å²) in [5, 5.41) is 3.03. The molecule has 0 aromatic heterocycles. The summed E-state index contributed by atoms with van der Waals surface area (Å²) < 4.78 is 14.2. The SMILES string of the molecule is CCCCCCCCCCOc1c(Br)ccc2c(C(=O)C=O)c3c(OCCCCCCCCCC)c(Br)ccc3cc12. The standard InChI is InChI=1S/C36H48Br2O4/c1-3-5-7-9-11-13-15-17-23-41-35-29-25-27-19-21-31(38)36(42-24-18-16-14-12-10-8-6-4-2)33(27)34(32(40)26-39)28(29)20-22-30(35)37/h19-22,25-26H,3-18,23-24H2,1-2H3. The van der Waals surface area contributed by atoms with E-state index in [0.29, 0.717) is 47.3 Å². The number of ketones is 1. The molecule has 0 N–H and O–H groups in total. The molecule has 0 bridgehead atoms. The van der Waals surface area contributed by atoms with E-state index in [1.807, 2.05) is 24.3 Å². The highest BCUT2D eigenvalue weighted by atomic mass is 79.9. The van der Waals surface area contributed by atoms with Gasteiger partial charge in [0, 0.05) is 16.3 Å². The number of benzene rings is 3. The van der Waals surface area contributed by atoms with Gasteiger partial charge >= 0.3 is 0 Å². The fourth-order valence-corrected chi connectivity index (χ4v) is 6.50. The van der Waals surface area contributed by atoms with Crippen LogP contribution in [0.3, 0.4) is 0 Å². The third-order valence-corrected chi connectivity index (χ3v) is 9.20. The summed E-state index contributed by atoms with van der Waals surface area (Å²) in [7, 11) is 0. The largest absolute Gasteiger partial charge is 0.492 e. The molecule has 230 valence electrons. The molecule has 4 nitrogen and oxygen atoms in total. The number of halogens is 2. The first-order valence-corrected chi connectivity index (χ1v) is 17.7. The maximum absolute atomic E-state index is 13.2. The highest BCUT2D eigenvalue weighted by Crippen LogP contribution is 2.43. The highest BCUT2D eigenvalue weighted by Gasteiger charge is 2.22. The lowest BCUT2D eigenvalue weighted by atomic mass is 9.93. The molecule has 0 spiro atoms. The van der Waals surface area contributed by atoms with E-state index in [2.05, 4.69) is 51.8 Å². The Kier molecular flexibility index (Phi) is 15.9. The Morgan fingerprint density at radius 3 is 1.67 bits per heavy atom. The molecule has 0 fully saturated rings. The van der Waals surface area contributed by atoms with Crippen LogP contribution in [0.25, 0.3) is 21.5 Å². The van der Waals surface area contributed by atoms with Gasteiger partial charge in [0.15, 0.2) is 6.29 Å². The van der Waals surface area contributed by atoms with Gasteiger partial charge in [0.2, 0.25) is 5.78 Å². The number of ether oxygens (including phenoxy) is 2. The van der Waals surface area contributed by atoms with Crippen LogP contribution in [0.5, 0.6) is 11.5 Å². The van der Waals surface area contributed by atoms with Crippen molar-refractivity contribution in [1.82, 2.24) is 0 Å². The second kappa shape index (κ2) is 19.4. The van der Waals surface area contributed by atoms with Crippen LogP contribution < -0.4 is 9.47 Å². The molecule has 0 heterocycles. The van der Waals surface area contributed by atoms with Gasteiger partial charge in [-0.15, -0.1) is 0 Å². The predicted molar refractivity (Wildman–Crippen MR) is 183 cm³/mol. The van der Waals surface area contributed by atoms with E-state index in [1.165, 1.54) is 77.0 Å². The molecule has 0 saturated heterocycles. The van der Waals surface area contributed by atoms with E-state index in [1.54, 1.807) is 0 Å². The molecule has 0 unspecified atom stereocenters. The van der Waals surface area contributed by atoms with Gasteiger partial charge in [-0.1, -0.05) is 116 Å². The molecule has 0 amide bonds. The van der Waals surface area contributed by atoms with Gasteiger partial charge in [0.25, 0.3) is 0 Å². The number of fused-ring (bicyclic) bond motifs is 2. The molecule has 42 heavy (non-hydrogen) atoms. The first kappa shape index (κ1) is 34.6. The number of unbranched alkanes of at least 4 members (excludes halogenated alkanes) is 14. The van der Waals surface area contributed by atoms with Crippen LogP contribution in [-0.4, -0.2) is 25.3 Å². The fourth-order valence-electron chi connectivity index (χ4n) is 5.60. The lowest BCUT2D eigenvalue weighted by Crippen LogP contribution is -2.06. The Morgan fingerprint density at radius 1 is 0.643 bits per heavy atom. The van der Waals surface area contributed by atoms with Crippen molar-refractivity contribution < 1.29 is 19.1 Å². The minimum absolute atomic E-state index is 0.370. The number of carbonyl (C=O) groups is 2. The first-order valence-electron chi connectivity index (χ1n) is 16.2. The van der Waals surface area contributed by atoms with E-state index in [-0.39, 0.29) is 0 Å². The van der Waals surface area contributed by atoms with Crippen LogP contribution in [0.2, 0.25) is 0 Å². The van der Waals surface area contributed by atoms with Gasteiger partial charge in [-0.25, -0.2) is 0 Å². The Morgan fingerprint density at radius 2 is 1.12 bits per heavy atom. The smallest absolute Gasteiger partial charge is 0.226 e.